The minimum atomic E-state index is -3.57. The second-order valence-corrected chi connectivity index (χ2v) is 6.59. The number of hydrogen-bond acceptors (Lipinski definition) is 5. The van der Waals surface area contributed by atoms with E-state index >= 15 is 0 Å². The first-order chi connectivity index (χ1) is 9.92. The molecule has 1 aromatic carbocycles. The van der Waals surface area contributed by atoms with Gasteiger partial charge in [-0.05, 0) is 38.2 Å². The molecule has 0 aliphatic rings. The van der Waals surface area contributed by atoms with E-state index in [-0.39, 0.29) is 10.9 Å². The van der Waals surface area contributed by atoms with Crippen LogP contribution in [0.1, 0.15) is 6.92 Å². The Morgan fingerprint density at radius 2 is 2.19 bits per heavy atom. The minimum Gasteiger partial charge on any atom is -0.399 e. The van der Waals surface area contributed by atoms with Gasteiger partial charge in [-0.1, -0.05) is 0 Å². The molecular weight excluding hydrogens is 290 g/mol. The van der Waals surface area contributed by atoms with Gasteiger partial charge in [0.15, 0.2) is 0 Å². The van der Waals surface area contributed by atoms with E-state index in [0.717, 1.165) is 0 Å². The van der Waals surface area contributed by atoms with Crippen molar-refractivity contribution in [2.45, 2.75) is 24.4 Å². The lowest BCUT2D eigenvalue weighted by Gasteiger charge is -2.18. The van der Waals surface area contributed by atoms with Gasteiger partial charge < -0.3 is 11.1 Å². The molecule has 2 rings (SSSR count). The first kappa shape index (κ1) is 15.3. The number of nitrogens with zero attached hydrogens (tertiary/aromatic N) is 2. The third-order valence-corrected chi connectivity index (χ3v) is 4.44. The highest BCUT2D eigenvalue weighted by Crippen LogP contribution is 2.24. The van der Waals surface area contributed by atoms with Crippen LogP contribution in [0.3, 0.4) is 0 Å². The highest BCUT2D eigenvalue weighted by Gasteiger charge is 2.18. The average molecular weight is 309 g/mol. The smallest absolute Gasteiger partial charge is 0.242 e. The van der Waals surface area contributed by atoms with Gasteiger partial charge in [-0.25, -0.2) is 13.1 Å². The van der Waals surface area contributed by atoms with Crippen molar-refractivity contribution < 1.29 is 8.42 Å². The Bertz CT molecular complexity index is 697. The predicted molar refractivity (Wildman–Crippen MR) is 82.4 cm³/mol. The first-order valence-electron chi connectivity index (χ1n) is 6.49. The molecule has 1 atom stereocenters. The number of rotatable bonds is 6. The highest BCUT2D eigenvalue weighted by atomic mass is 32.2. The van der Waals surface area contributed by atoms with Crippen molar-refractivity contribution in [1.82, 2.24) is 14.5 Å². The largest absolute Gasteiger partial charge is 0.399 e. The second kappa shape index (κ2) is 6.15. The molecule has 114 valence electrons. The van der Waals surface area contributed by atoms with E-state index in [0.29, 0.717) is 17.9 Å². The summed E-state index contributed by atoms with van der Waals surface area (Å²) < 4.78 is 28.2. The van der Waals surface area contributed by atoms with E-state index in [9.17, 15) is 8.42 Å². The summed E-state index contributed by atoms with van der Waals surface area (Å²) in [4.78, 5) is 0.136. The molecule has 1 heterocycles. The van der Waals surface area contributed by atoms with Crippen molar-refractivity contribution in [3.8, 4) is 0 Å². The predicted octanol–water partition coefficient (Wildman–Crippen LogP) is 0.874. The topological polar surface area (TPSA) is 102 Å². The van der Waals surface area contributed by atoms with Crippen molar-refractivity contribution in [2.75, 3.05) is 18.1 Å². The molecular formula is C13H19N5O2S. The van der Waals surface area contributed by atoms with E-state index in [1.54, 1.807) is 23.0 Å². The molecule has 0 bridgehead atoms. The normalized spacial score (nSPS) is 13.0. The summed E-state index contributed by atoms with van der Waals surface area (Å²) in [6, 6.07) is 6.61. The molecule has 0 saturated carbocycles. The van der Waals surface area contributed by atoms with Crippen LogP contribution in [0, 0.1) is 0 Å². The second-order valence-electron chi connectivity index (χ2n) is 4.74. The first-order valence-corrected chi connectivity index (χ1v) is 7.98. The van der Waals surface area contributed by atoms with E-state index in [1.165, 1.54) is 13.1 Å². The molecule has 0 aliphatic carbocycles. The summed E-state index contributed by atoms with van der Waals surface area (Å²) in [5.41, 5.74) is 6.59. The van der Waals surface area contributed by atoms with Crippen LogP contribution in [0.4, 0.5) is 11.4 Å². The van der Waals surface area contributed by atoms with Crippen LogP contribution < -0.4 is 15.8 Å². The molecule has 2 aromatic rings. The Morgan fingerprint density at radius 1 is 1.43 bits per heavy atom. The van der Waals surface area contributed by atoms with Gasteiger partial charge in [0, 0.05) is 24.1 Å². The summed E-state index contributed by atoms with van der Waals surface area (Å²) in [7, 11) is -2.20. The molecule has 21 heavy (non-hydrogen) atoms. The zero-order valence-electron chi connectivity index (χ0n) is 11.9. The Balaban J connectivity index is 2.23. The van der Waals surface area contributed by atoms with Crippen molar-refractivity contribution in [3.05, 3.63) is 36.7 Å². The maximum Gasteiger partial charge on any atom is 0.242 e. The molecule has 0 saturated heterocycles. The average Bonchev–Trinajstić information content (AvgIpc) is 2.93. The van der Waals surface area contributed by atoms with Crippen molar-refractivity contribution >= 4 is 21.4 Å². The number of benzene rings is 1. The molecule has 7 nitrogen and oxygen atoms in total. The van der Waals surface area contributed by atoms with Crippen LogP contribution >= 0.6 is 0 Å². The van der Waals surface area contributed by atoms with E-state index in [1.807, 2.05) is 19.2 Å². The Morgan fingerprint density at radius 3 is 2.81 bits per heavy atom. The molecule has 4 N–H and O–H groups in total. The standard InChI is InChI=1S/C13H19N5O2S/c1-10(9-18-7-3-6-16-18)17-12-5-4-11(14)8-13(12)21(19,20)15-2/h3-8,10,15,17H,9,14H2,1-2H3. The van der Waals surface area contributed by atoms with Crippen LogP contribution in [0.5, 0.6) is 0 Å². The van der Waals surface area contributed by atoms with Gasteiger partial charge in [0.2, 0.25) is 10.0 Å². The van der Waals surface area contributed by atoms with Crippen molar-refractivity contribution in [2.24, 2.45) is 0 Å². The summed E-state index contributed by atoms with van der Waals surface area (Å²) in [5.74, 6) is 0. The lowest BCUT2D eigenvalue weighted by molar-refractivity contribution is 0.559. The fraction of sp³-hybridized carbons (Fsp3) is 0.308. The number of anilines is 2. The van der Waals surface area contributed by atoms with Crippen LogP contribution in [0.25, 0.3) is 0 Å². The quantitative estimate of drug-likeness (QED) is 0.687. The fourth-order valence-electron chi connectivity index (χ4n) is 1.99. The maximum atomic E-state index is 12.0. The summed E-state index contributed by atoms with van der Waals surface area (Å²) in [6.45, 7) is 2.57. The number of sulfonamides is 1. The van der Waals surface area contributed by atoms with Gasteiger partial charge in [-0.15, -0.1) is 0 Å². The van der Waals surface area contributed by atoms with Crippen LogP contribution in [0.2, 0.25) is 0 Å². The SMILES string of the molecule is CNS(=O)(=O)c1cc(N)ccc1NC(C)Cn1cccn1. The molecule has 0 fully saturated rings. The van der Waals surface area contributed by atoms with Gasteiger partial charge in [0.05, 0.1) is 12.2 Å². The molecule has 0 radical (unpaired) electrons. The van der Waals surface area contributed by atoms with Crippen LogP contribution in [-0.4, -0.2) is 31.3 Å². The van der Waals surface area contributed by atoms with Gasteiger partial charge in [0.1, 0.15) is 4.90 Å². The summed E-state index contributed by atoms with van der Waals surface area (Å²) >= 11 is 0. The third kappa shape index (κ3) is 3.73. The molecule has 0 spiro atoms. The van der Waals surface area contributed by atoms with Crippen LogP contribution in [-0.2, 0) is 16.6 Å². The van der Waals surface area contributed by atoms with Gasteiger partial charge in [0.25, 0.3) is 0 Å². The van der Waals surface area contributed by atoms with Gasteiger partial charge in [-0.3, -0.25) is 4.68 Å². The molecule has 1 aromatic heterocycles. The summed E-state index contributed by atoms with van der Waals surface area (Å²) in [6.07, 6.45) is 3.55. The number of nitrogens with two attached hydrogens (primary N) is 1. The van der Waals surface area contributed by atoms with Gasteiger partial charge in [-0.2, -0.15) is 5.10 Å². The molecule has 1 unspecified atom stereocenters. The highest BCUT2D eigenvalue weighted by molar-refractivity contribution is 7.89. The number of nitrogen functional groups attached to an aromatic ring is 1. The van der Waals surface area contributed by atoms with Crippen molar-refractivity contribution in [1.29, 1.82) is 0 Å². The lowest BCUT2D eigenvalue weighted by Crippen LogP contribution is -2.25. The number of hydrogen-bond donors (Lipinski definition) is 3. The zero-order chi connectivity index (χ0) is 15.5. The minimum absolute atomic E-state index is 0.000620. The summed E-state index contributed by atoms with van der Waals surface area (Å²) in [5, 5.41) is 7.31. The van der Waals surface area contributed by atoms with E-state index < -0.39 is 10.0 Å². The fourth-order valence-corrected chi connectivity index (χ4v) is 2.92. The molecule has 0 amide bonds. The monoisotopic (exact) mass is 309 g/mol. The van der Waals surface area contributed by atoms with E-state index in [4.69, 9.17) is 5.73 Å². The molecule has 0 aliphatic heterocycles. The third-order valence-electron chi connectivity index (χ3n) is 2.99. The lowest BCUT2D eigenvalue weighted by atomic mass is 10.2. The van der Waals surface area contributed by atoms with Crippen molar-refractivity contribution in [3.63, 3.8) is 0 Å². The molecule has 8 heteroatoms. The van der Waals surface area contributed by atoms with E-state index in [2.05, 4.69) is 15.1 Å². The maximum absolute atomic E-state index is 12.0. The zero-order valence-corrected chi connectivity index (χ0v) is 12.8. The van der Waals surface area contributed by atoms with Crippen LogP contribution in [0.15, 0.2) is 41.6 Å². The number of nitrogens with one attached hydrogen (secondary N) is 2. The number of aromatic nitrogens is 2. The van der Waals surface area contributed by atoms with Gasteiger partial charge >= 0.3 is 0 Å². The Hall–Kier alpha value is -2.06. The Labute approximate surface area is 124 Å². The Kier molecular flexibility index (Phi) is 4.49.